The molecule has 2 nitrogen and oxygen atoms in total. The van der Waals surface area contributed by atoms with Gasteiger partial charge in [0.2, 0.25) is 0 Å². The van der Waals surface area contributed by atoms with Crippen LogP contribution in [0.1, 0.15) is 36.3 Å². The van der Waals surface area contributed by atoms with Crippen LogP contribution in [0.2, 0.25) is 0 Å². The molecule has 1 saturated heterocycles. The van der Waals surface area contributed by atoms with Crippen LogP contribution in [0.15, 0.2) is 36.4 Å². The van der Waals surface area contributed by atoms with Crippen molar-refractivity contribution in [2.45, 2.75) is 37.6 Å². The fourth-order valence-corrected chi connectivity index (χ4v) is 3.72. The summed E-state index contributed by atoms with van der Waals surface area (Å²) in [4.78, 5) is 2.30. The highest BCUT2D eigenvalue weighted by Crippen LogP contribution is 2.27. The molecule has 2 aromatic rings. The molecule has 0 aromatic heterocycles. The molecule has 0 bridgehead atoms. The zero-order chi connectivity index (χ0) is 19.4. The summed E-state index contributed by atoms with van der Waals surface area (Å²) in [6.45, 7) is 2.59. The van der Waals surface area contributed by atoms with E-state index in [1.54, 1.807) is 0 Å². The van der Waals surface area contributed by atoms with Crippen LogP contribution in [0.25, 0.3) is 0 Å². The second kappa shape index (κ2) is 8.85. The van der Waals surface area contributed by atoms with E-state index in [0.717, 1.165) is 44.1 Å². The van der Waals surface area contributed by atoms with Crippen LogP contribution < -0.4 is 5.73 Å². The number of hydrogen-bond donors (Lipinski definition) is 1. The molecule has 1 aliphatic rings. The molecule has 1 aliphatic heterocycles. The number of piperidine rings is 1. The third-order valence-corrected chi connectivity index (χ3v) is 5.23. The Hall–Kier alpha value is -1.92. The van der Waals surface area contributed by atoms with E-state index in [0.29, 0.717) is 18.4 Å². The monoisotopic (exact) mass is 380 g/mol. The average molecular weight is 380 g/mol. The summed E-state index contributed by atoms with van der Waals surface area (Å²) in [5.41, 5.74) is 7.33. The first kappa shape index (κ1) is 19.8. The van der Waals surface area contributed by atoms with E-state index < -0.39 is 17.5 Å². The van der Waals surface area contributed by atoms with Crippen molar-refractivity contribution >= 4 is 0 Å². The van der Waals surface area contributed by atoms with Gasteiger partial charge in [0.05, 0.1) is 0 Å². The molecule has 1 fully saturated rings. The minimum atomic E-state index is -1.19. The van der Waals surface area contributed by atoms with Gasteiger partial charge in [0.15, 0.2) is 11.6 Å². The van der Waals surface area contributed by atoms with Gasteiger partial charge >= 0.3 is 0 Å². The highest BCUT2D eigenvalue weighted by atomic mass is 19.2. The highest BCUT2D eigenvalue weighted by molar-refractivity contribution is 5.22. The van der Waals surface area contributed by atoms with Gasteiger partial charge in [-0.05, 0) is 74.0 Å². The van der Waals surface area contributed by atoms with Gasteiger partial charge < -0.3 is 10.6 Å². The van der Waals surface area contributed by atoms with Crippen molar-refractivity contribution in [2.75, 3.05) is 19.6 Å². The lowest BCUT2D eigenvalue weighted by Gasteiger charge is -2.33. The van der Waals surface area contributed by atoms with Crippen molar-refractivity contribution in [1.29, 1.82) is 0 Å². The molecule has 2 aromatic carbocycles. The van der Waals surface area contributed by atoms with E-state index in [1.165, 1.54) is 12.1 Å². The summed E-state index contributed by atoms with van der Waals surface area (Å²) in [7, 11) is 0. The molecule has 2 atom stereocenters. The van der Waals surface area contributed by atoms with Crippen molar-refractivity contribution in [2.24, 2.45) is 5.73 Å². The van der Waals surface area contributed by atoms with E-state index in [-0.39, 0.29) is 23.8 Å². The number of nitrogens with two attached hydrogens (primary N) is 1. The van der Waals surface area contributed by atoms with Gasteiger partial charge in [-0.1, -0.05) is 12.1 Å². The van der Waals surface area contributed by atoms with Crippen molar-refractivity contribution in [3.63, 3.8) is 0 Å². The molecule has 0 aliphatic carbocycles. The molecular weight excluding hydrogens is 356 g/mol. The predicted octanol–water partition coefficient (Wildman–Crippen LogP) is 4.38. The molecule has 0 spiro atoms. The Morgan fingerprint density at radius 3 is 2.44 bits per heavy atom. The second-order valence-electron chi connectivity index (χ2n) is 7.30. The summed E-state index contributed by atoms with van der Waals surface area (Å²) in [6, 6.07) is 7.75. The fourth-order valence-electron chi connectivity index (χ4n) is 3.72. The van der Waals surface area contributed by atoms with E-state index in [4.69, 9.17) is 5.73 Å². The largest absolute Gasteiger partial charge is 0.327 e. The second-order valence-corrected chi connectivity index (χ2v) is 7.30. The van der Waals surface area contributed by atoms with Crippen molar-refractivity contribution in [3.8, 4) is 0 Å². The summed E-state index contributed by atoms with van der Waals surface area (Å²) < 4.78 is 53.2. The van der Waals surface area contributed by atoms with Crippen molar-refractivity contribution in [1.82, 2.24) is 4.90 Å². The number of benzene rings is 2. The Balaban J connectivity index is 1.52. The van der Waals surface area contributed by atoms with Gasteiger partial charge in [-0.25, -0.2) is 17.6 Å². The molecule has 0 radical (unpaired) electrons. The lowest BCUT2D eigenvalue weighted by molar-refractivity contribution is 0.201. The fraction of sp³-hybridized carbons (Fsp3) is 0.429. The normalized spacial score (nSPS) is 19.2. The first-order valence-corrected chi connectivity index (χ1v) is 9.29. The number of rotatable bonds is 6. The van der Waals surface area contributed by atoms with Crippen LogP contribution in [0, 0.1) is 23.3 Å². The maximum Gasteiger partial charge on any atom is 0.161 e. The van der Waals surface area contributed by atoms with E-state index in [9.17, 15) is 17.6 Å². The number of hydrogen-bond acceptors (Lipinski definition) is 2. The maximum absolute atomic E-state index is 13.8. The highest BCUT2D eigenvalue weighted by Gasteiger charge is 2.22. The van der Waals surface area contributed by atoms with Gasteiger partial charge in [0.25, 0.3) is 0 Å². The molecule has 1 heterocycles. The third kappa shape index (κ3) is 5.30. The Kier molecular flexibility index (Phi) is 6.50. The SMILES string of the molecule is N[C@@H](CCN1CCCC(c2ccc(F)cc2)C1)Cc1cc(F)c(F)cc1F. The van der Waals surface area contributed by atoms with Gasteiger partial charge in [-0.2, -0.15) is 0 Å². The lowest BCUT2D eigenvalue weighted by Crippen LogP contribution is -2.38. The lowest BCUT2D eigenvalue weighted by atomic mass is 9.90. The first-order valence-electron chi connectivity index (χ1n) is 9.29. The van der Waals surface area contributed by atoms with Gasteiger partial charge in [0.1, 0.15) is 11.6 Å². The third-order valence-electron chi connectivity index (χ3n) is 5.23. The summed E-state index contributed by atoms with van der Waals surface area (Å²) in [5.74, 6) is -2.89. The topological polar surface area (TPSA) is 29.3 Å². The molecule has 0 amide bonds. The minimum absolute atomic E-state index is 0.101. The van der Waals surface area contributed by atoms with Crippen LogP contribution in [0.3, 0.4) is 0 Å². The maximum atomic E-state index is 13.8. The minimum Gasteiger partial charge on any atom is -0.327 e. The van der Waals surface area contributed by atoms with Gasteiger partial charge in [-0.15, -0.1) is 0 Å². The Morgan fingerprint density at radius 1 is 1.00 bits per heavy atom. The summed E-state index contributed by atoms with van der Waals surface area (Å²) in [6.07, 6.45) is 2.91. The molecule has 0 saturated carbocycles. The van der Waals surface area contributed by atoms with Crippen LogP contribution in [-0.2, 0) is 6.42 Å². The van der Waals surface area contributed by atoms with E-state index >= 15 is 0 Å². The Morgan fingerprint density at radius 2 is 1.70 bits per heavy atom. The van der Waals surface area contributed by atoms with Gasteiger partial charge in [0, 0.05) is 18.7 Å². The van der Waals surface area contributed by atoms with E-state index in [1.807, 2.05) is 12.1 Å². The van der Waals surface area contributed by atoms with Gasteiger partial charge in [-0.3, -0.25) is 0 Å². The van der Waals surface area contributed by atoms with E-state index in [2.05, 4.69) is 4.90 Å². The zero-order valence-electron chi connectivity index (χ0n) is 15.1. The molecule has 146 valence electrons. The smallest absolute Gasteiger partial charge is 0.161 e. The Bertz CT molecular complexity index is 764. The Labute approximate surface area is 157 Å². The van der Waals surface area contributed by atoms with Crippen LogP contribution >= 0.6 is 0 Å². The number of halogens is 4. The standard InChI is InChI=1S/C21H24F4N2/c22-17-5-3-14(4-6-17)15-2-1-8-27(13-15)9-7-18(26)10-16-11-20(24)21(25)12-19(16)23/h3-6,11-12,15,18H,1-2,7-10,13,26H2/t15?,18-/m0/s1. The molecular formula is C21H24F4N2. The predicted molar refractivity (Wildman–Crippen MR) is 97.4 cm³/mol. The molecule has 3 rings (SSSR count). The summed E-state index contributed by atoms with van der Waals surface area (Å²) in [5, 5.41) is 0. The molecule has 1 unspecified atom stereocenters. The molecule has 2 N–H and O–H groups in total. The first-order chi connectivity index (χ1) is 12.9. The van der Waals surface area contributed by atoms with Crippen LogP contribution in [0.4, 0.5) is 17.6 Å². The zero-order valence-corrected chi connectivity index (χ0v) is 15.1. The van der Waals surface area contributed by atoms with Crippen molar-refractivity contribution in [3.05, 3.63) is 70.8 Å². The van der Waals surface area contributed by atoms with Crippen molar-refractivity contribution < 1.29 is 17.6 Å². The van der Waals surface area contributed by atoms with Crippen LogP contribution in [0.5, 0.6) is 0 Å². The molecule has 27 heavy (non-hydrogen) atoms. The quantitative estimate of drug-likeness (QED) is 0.595. The molecule has 6 heteroatoms. The number of likely N-dealkylation sites (tertiary alicyclic amines) is 1. The average Bonchev–Trinajstić information content (AvgIpc) is 2.65. The van der Waals surface area contributed by atoms with Crippen LogP contribution in [-0.4, -0.2) is 30.6 Å². The number of nitrogens with zero attached hydrogens (tertiary/aromatic N) is 1. The summed E-state index contributed by atoms with van der Waals surface area (Å²) >= 11 is 0.